The van der Waals surface area contributed by atoms with E-state index in [0.717, 1.165) is 12.0 Å². The zero-order valence-corrected chi connectivity index (χ0v) is 8.66. The van der Waals surface area contributed by atoms with Crippen LogP contribution < -0.4 is 0 Å². The lowest BCUT2D eigenvalue weighted by Crippen LogP contribution is -1.82. The number of hydrogen-bond acceptors (Lipinski definition) is 0. The van der Waals surface area contributed by atoms with Crippen molar-refractivity contribution < 1.29 is 0 Å². The van der Waals surface area contributed by atoms with Crippen molar-refractivity contribution in [1.82, 2.24) is 0 Å². The fourth-order valence-electron chi connectivity index (χ4n) is 1.26. The van der Waals surface area contributed by atoms with Gasteiger partial charge in [-0.25, -0.2) is 0 Å². The van der Waals surface area contributed by atoms with Gasteiger partial charge in [0.25, 0.3) is 0 Å². The van der Waals surface area contributed by atoms with Crippen molar-refractivity contribution in [3.63, 3.8) is 0 Å². The third-order valence-electron chi connectivity index (χ3n) is 2.11. The summed E-state index contributed by atoms with van der Waals surface area (Å²) in [4.78, 5) is 0. The molecule has 0 aromatic carbocycles. The predicted molar refractivity (Wildman–Crippen MR) is 64.1 cm³/mol. The first-order valence-corrected chi connectivity index (χ1v) is 4.76. The Bertz CT molecular complexity index is 346. The molecule has 0 amide bonds. The van der Waals surface area contributed by atoms with Gasteiger partial charge in [0.2, 0.25) is 0 Å². The number of rotatable bonds is 3. The smallest absolute Gasteiger partial charge is 0.00885 e. The Hall–Kier alpha value is -1.56. The normalized spacial score (nSPS) is 16.1. The molecule has 0 nitrogen and oxygen atoms in total. The Kier molecular flexibility index (Phi) is 3.93. The van der Waals surface area contributed by atoms with Gasteiger partial charge >= 0.3 is 0 Å². The molecule has 0 saturated heterocycles. The SMILES string of the molecule is C=C/C=C\C(=C)C1=CC=C(C)C=CC1. The molecule has 0 spiro atoms. The van der Waals surface area contributed by atoms with Crippen LogP contribution in [0.15, 0.2) is 72.4 Å². The van der Waals surface area contributed by atoms with E-state index in [1.165, 1.54) is 11.1 Å². The van der Waals surface area contributed by atoms with Crippen LogP contribution in [0.25, 0.3) is 0 Å². The Labute approximate surface area is 86.3 Å². The van der Waals surface area contributed by atoms with Crippen LogP contribution in [0.1, 0.15) is 13.3 Å². The summed E-state index contributed by atoms with van der Waals surface area (Å²) in [7, 11) is 0. The Balaban J connectivity index is 2.79. The van der Waals surface area contributed by atoms with Crippen LogP contribution in [0, 0.1) is 0 Å². The average Bonchev–Trinajstić information content (AvgIpc) is 2.39. The third kappa shape index (κ3) is 3.06. The van der Waals surface area contributed by atoms with E-state index in [0.29, 0.717) is 0 Å². The maximum Gasteiger partial charge on any atom is -0.00885 e. The molecule has 0 aromatic rings. The summed E-state index contributed by atoms with van der Waals surface area (Å²) in [6.45, 7) is 9.75. The Morgan fingerprint density at radius 3 is 2.93 bits per heavy atom. The van der Waals surface area contributed by atoms with Crippen LogP contribution in [0.3, 0.4) is 0 Å². The van der Waals surface area contributed by atoms with Gasteiger partial charge in [0, 0.05) is 0 Å². The molecule has 0 aliphatic heterocycles. The van der Waals surface area contributed by atoms with E-state index in [4.69, 9.17) is 0 Å². The van der Waals surface area contributed by atoms with E-state index in [9.17, 15) is 0 Å². The summed E-state index contributed by atoms with van der Waals surface area (Å²) in [6, 6.07) is 0. The van der Waals surface area contributed by atoms with Gasteiger partial charge in [0.1, 0.15) is 0 Å². The van der Waals surface area contributed by atoms with E-state index < -0.39 is 0 Å². The molecular formula is C14H16. The van der Waals surface area contributed by atoms with Crippen molar-refractivity contribution in [3.05, 3.63) is 72.4 Å². The molecule has 0 radical (unpaired) electrons. The second kappa shape index (κ2) is 5.23. The van der Waals surface area contributed by atoms with Gasteiger partial charge in [-0.05, 0) is 24.5 Å². The average molecular weight is 184 g/mol. The minimum atomic E-state index is 0.953. The fourth-order valence-corrected chi connectivity index (χ4v) is 1.26. The largest absolute Gasteiger partial charge is 0.0991 e. The minimum absolute atomic E-state index is 0.953. The molecule has 0 atom stereocenters. The standard InChI is InChI=1S/C14H16/c1-4-5-8-13(3)14-9-6-7-12(2)10-11-14/h4-8,10-11H,1,3,9H2,2H3/b8-5-. The van der Waals surface area contributed by atoms with E-state index in [1.807, 2.05) is 12.2 Å². The molecule has 72 valence electrons. The maximum atomic E-state index is 4.02. The maximum absolute atomic E-state index is 4.02. The second-order valence-electron chi connectivity index (χ2n) is 3.33. The lowest BCUT2D eigenvalue weighted by atomic mass is 10.0. The van der Waals surface area contributed by atoms with Crippen molar-refractivity contribution in [2.45, 2.75) is 13.3 Å². The lowest BCUT2D eigenvalue weighted by molar-refractivity contribution is 1.26. The summed E-state index contributed by atoms with van der Waals surface area (Å²) in [5.74, 6) is 0. The minimum Gasteiger partial charge on any atom is -0.0991 e. The highest BCUT2D eigenvalue weighted by Gasteiger charge is 1.98. The summed E-state index contributed by atoms with van der Waals surface area (Å²) >= 11 is 0. The monoisotopic (exact) mass is 184 g/mol. The van der Waals surface area contributed by atoms with Gasteiger partial charge in [-0.2, -0.15) is 0 Å². The highest BCUT2D eigenvalue weighted by atomic mass is 14.0. The summed E-state index contributed by atoms with van der Waals surface area (Å²) in [6.07, 6.45) is 15.2. The molecule has 1 aliphatic carbocycles. The fraction of sp³-hybridized carbons (Fsp3) is 0.143. The molecule has 14 heavy (non-hydrogen) atoms. The van der Waals surface area contributed by atoms with Gasteiger partial charge in [-0.1, -0.05) is 61.3 Å². The van der Waals surface area contributed by atoms with E-state index in [2.05, 4.69) is 44.4 Å². The number of hydrogen-bond donors (Lipinski definition) is 0. The molecule has 1 rings (SSSR count). The van der Waals surface area contributed by atoms with Gasteiger partial charge in [-0.3, -0.25) is 0 Å². The topological polar surface area (TPSA) is 0 Å². The van der Waals surface area contributed by atoms with Crippen molar-refractivity contribution in [3.8, 4) is 0 Å². The summed E-state index contributed by atoms with van der Waals surface area (Å²) in [5.41, 5.74) is 3.59. The summed E-state index contributed by atoms with van der Waals surface area (Å²) < 4.78 is 0. The summed E-state index contributed by atoms with van der Waals surface area (Å²) in [5, 5.41) is 0. The first-order valence-electron chi connectivity index (χ1n) is 4.76. The third-order valence-corrected chi connectivity index (χ3v) is 2.11. The molecule has 0 heteroatoms. The van der Waals surface area contributed by atoms with E-state index >= 15 is 0 Å². The molecule has 0 bridgehead atoms. The van der Waals surface area contributed by atoms with Crippen LogP contribution in [-0.2, 0) is 0 Å². The molecule has 1 aliphatic rings. The van der Waals surface area contributed by atoms with Crippen LogP contribution in [-0.4, -0.2) is 0 Å². The molecule has 0 heterocycles. The quantitative estimate of drug-likeness (QED) is 0.579. The highest BCUT2D eigenvalue weighted by Crippen LogP contribution is 2.18. The van der Waals surface area contributed by atoms with Gasteiger partial charge in [-0.15, -0.1) is 0 Å². The first kappa shape index (κ1) is 10.5. The van der Waals surface area contributed by atoms with Crippen LogP contribution in [0.2, 0.25) is 0 Å². The molecule has 0 aromatic heterocycles. The van der Waals surface area contributed by atoms with Crippen molar-refractivity contribution in [2.75, 3.05) is 0 Å². The van der Waals surface area contributed by atoms with Gasteiger partial charge in [0.15, 0.2) is 0 Å². The van der Waals surface area contributed by atoms with E-state index in [-0.39, 0.29) is 0 Å². The molecular weight excluding hydrogens is 168 g/mol. The van der Waals surface area contributed by atoms with Gasteiger partial charge < -0.3 is 0 Å². The molecule has 0 unspecified atom stereocenters. The van der Waals surface area contributed by atoms with Crippen LogP contribution in [0.5, 0.6) is 0 Å². The van der Waals surface area contributed by atoms with Crippen molar-refractivity contribution >= 4 is 0 Å². The second-order valence-corrected chi connectivity index (χ2v) is 3.33. The predicted octanol–water partition coefficient (Wildman–Crippen LogP) is 4.12. The van der Waals surface area contributed by atoms with Crippen LogP contribution >= 0.6 is 0 Å². The molecule has 0 fully saturated rings. The molecule has 0 saturated carbocycles. The lowest BCUT2D eigenvalue weighted by Gasteiger charge is -2.01. The Morgan fingerprint density at radius 2 is 2.21 bits per heavy atom. The number of allylic oxidation sites excluding steroid dienone is 10. The van der Waals surface area contributed by atoms with Crippen molar-refractivity contribution in [1.29, 1.82) is 0 Å². The Morgan fingerprint density at radius 1 is 1.43 bits per heavy atom. The molecule has 0 N–H and O–H groups in total. The van der Waals surface area contributed by atoms with Crippen LogP contribution in [0.4, 0.5) is 0 Å². The zero-order chi connectivity index (χ0) is 10.4. The van der Waals surface area contributed by atoms with Crippen molar-refractivity contribution in [2.24, 2.45) is 0 Å². The highest BCUT2D eigenvalue weighted by molar-refractivity contribution is 5.44. The van der Waals surface area contributed by atoms with Gasteiger partial charge in [0.05, 0.1) is 0 Å². The zero-order valence-electron chi connectivity index (χ0n) is 8.66. The van der Waals surface area contributed by atoms with E-state index in [1.54, 1.807) is 6.08 Å². The first-order chi connectivity index (χ1) is 6.74.